The van der Waals surface area contributed by atoms with Crippen LogP contribution in [0.5, 0.6) is 0 Å². The Hall–Kier alpha value is -9.36. The molecule has 0 aliphatic rings. The number of aromatic amines is 2. The molecule has 37 nitrogen and oxygen atoms in total. The van der Waals surface area contributed by atoms with Crippen molar-refractivity contribution in [2.24, 2.45) is 39.8 Å². The van der Waals surface area contributed by atoms with Gasteiger partial charge < -0.3 is 112 Å². The second-order valence-electron chi connectivity index (χ2n) is 19.9. The number of guanidine groups is 1. The van der Waals surface area contributed by atoms with Gasteiger partial charge in [-0.05, 0) is 31.1 Å². The summed E-state index contributed by atoms with van der Waals surface area (Å²) in [6, 6.07) is -16.6. The van der Waals surface area contributed by atoms with Crippen LogP contribution in [0.4, 0.5) is 0 Å². The van der Waals surface area contributed by atoms with Crippen molar-refractivity contribution < 1.29 is 87.9 Å². The Kier molecular flexibility index (Phi) is 30.6. The van der Waals surface area contributed by atoms with Gasteiger partial charge in [0, 0.05) is 43.2 Å². The molecule has 0 aromatic carbocycles. The first-order chi connectivity index (χ1) is 40.0. The predicted octanol–water partition coefficient (Wildman–Crippen LogP) is -10.1. The minimum atomic E-state index is -2.06. The molecule has 2 rings (SSSR count). The summed E-state index contributed by atoms with van der Waals surface area (Å²) in [5, 5.41) is 71.6. The topological polar surface area (TPSA) is 617 Å². The number of amides is 11. The van der Waals surface area contributed by atoms with Gasteiger partial charge in [0.05, 0.1) is 57.9 Å². The number of carbonyl (C=O) groups is 13. The third-order valence-electron chi connectivity index (χ3n) is 12.0. The van der Waals surface area contributed by atoms with Crippen molar-refractivity contribution in [1.82, 2.24) is 73.1 Å². The van der Waals surface area contributed by atoms with Crippen LogP contribution in [0.25, 0.3) is 0 Å². The van der Waals surface area contributed by atoms with E-state index in [0.29, 0.717) is 11.4 Å². The SMILES string of the molecule is CC(C)C[C@H](NC(=O)[C@@H](NC(=O)[C@H](Cc1cnc[nH]1)NC(=O)[C@H](CC(N)=O)NC(=O)CNC(=O)[C@H](CO)NC(=O)[C@H](CO)NC(=O)[C@H](CC(=O)O)NC(=O)[C@H](CCCN=C(N)N)NC(=O)[C@H](CO)NC(=O)[C@@H](N)Cc1cnc[nH]1)C(C)C)C(=O)O. The molecule has 10 atom stereocenters. The second kappa shape index (κ2) is 36.3. The van der Waals surface area contributed by atoms with Crippen LogP contribution in [0.3, 0.4) is 0 Å². The van der Waals surface area contributed by atoms with Gasteiger partial charge in [0.25, 0.3) is 0 Å². The van der Waals surface area contributed by atoms with Gasteiger partial charge in [0.15, 0.2) is 5.96 Å². The fourth-order valence-corrected chi connectivity index (χ4v) is 7.62. The van der Waals surface area contributed by atoms with Crippen molar-refractivity contribution >= 4 is 82.9 Å². The molecule has 0 fully saturated rings. The van der Waals surface area contributed by atoms with Gasteiger partial charge in [-0.1, -0.05) is 27.7 Å². The molecule has 0 radical (unpaired) electrons. The molecule has 37 heteroatoms. The number of carboxylic acid groups (broad SMARTS) is 2. The van der Waals surface area contributed by atoms with Crippen LogP contribution in [0.15, 0.2) is 30.0 Å². The van der Waals surface area contributed by atoms with Crippen LogP contribution < -0.4 is 76.1 Å². The Morgan fingerprint density at radius 1 is 0.541 bits per heavy atom. The van der Waals surface area contributed by atoms with Crippen LogP contribution in [0.2, 0.25) is 0 Å². The van der Waals surface area contributed by atoms with Gasteiger partial charge in [-0.3, -0.25) is 62.5 Å². The fourth-order valence-electron chi connectivity index (χ4n) is 7.62. The lowest BCUT2D eigenvalue weighted by atomic mass is 9.99. The predicted molar refractivity (Wildman–Crippen MR) is 292 cm³/mol. The average Bonchev–Trinajstić information content (AvgIpc) is 4.33. The van der Waals surface area contributed by atoms with E-state index in [9.17, 15) is 87.9 Å². The summed E-state index contributed by atoms with van der Waals surface area (Å²) < 4.78 is 0. The summed E-state index contributed by atoms with van der Waals surface area (Å²) in [6.07, 6.45) is 2.67. The maximum Gasteiger partial charge on any atom is 0.326 e. The van der Waals surface area contributed by atoms with E-state index in [1.54, 1.807) is 27.7 Å². The van der Waals surface area contributed by atoms with Crippen LogP contribution >= 0.6 is 0 Å². The lowest BCUT2D eigenvalue weighted by Gasteiger charge is -2.27. The summed E-state index contributed by atoms with van der Waals surface area (Å²) in [7, 11) is 0. The van der Waals surface area contributed by atoms with Crippen LogP contribution in [-0.4, -0.2) is 222 Å². The number of aliphatic carboxylic acids is 2. The van der Waals surface area contributed by atoms with Gasteiger partial charge in [0.1, 0.15) is 54.4 Å². The largest absolute Gasteiger partial charge is 0.481 e. The Labute approximate surface area is 484 Å². The number of aromatic nitrogens is 4. The third-order valence-corrected chi connectivity index (χ3v) is 12.0. The molecule has 2 heterocycles. The maximum absolute atomic E-state index is 13.8. The molecular formula is C48H77N19O18. The molecule has 0 aliphatic carbocycles. The Balaban J connectivity index is 2.20. The third kappa shape index (κ3) is 26.2. The highest BCUT2D eigenvalue weighted by Gasteiger charge is 2.36. The van der Waals surface area contributed by atoms with Crippen molar-refractivity contribution in [1.29, 1.82) is 0 Å². The van der Waals surface area contributed by atoms with Crippen molar-refractivity contribution in [3.8, 4) is 0 Å². The summed E-state index contributed by atoms with van der Waals surface area (Å²) in [5.74, 6) is -16.6. The van der Waals surface area contributed by atoms with Crippen LogP contribution in [-0.2, 0) is 75.2 Å². The maximum atomic E-state index is 13.8. The number of primary amides is 1. The van der Waals surface area contributed by atoms with Crippen LogP contribution in [0, 0.1) is 11.8 Å². The second-order valence-corrected chi connectivity index (χ2v) is 19.9. The highest BCUT2D eigenvalue weighted by molar-refractivity contribution is 6.00. The van der Waals surface area contributed by atoms with Gasteiger partial charge >= 0.3 is 11.9 Å². The van der Waals surface area contributed by atoms with E-state index in [1.807, 2.05) is 10.6 Å². The molecule has 0 spiro atoms. The highest BCUT2D eigenvalue weighted by Crippen LogP contribution is 2.11. The van der Waals surface area contributed by atoms with E-state index in [0.717, 1.165) is 0 Å². The number of imidazole rings is 2. The number of hydrogen-bond acceptors (Lipinski definition) is 20. The zero-order valence-corrected chi connectivity index (χ0v) is 46.9. The number of aliphatic hydroxyl groups excluding tert-OH is 3. The first-order valence-corrected chi connectivity index (χ1v) is 26.3. The molecule has 2 aromatic heterocycles. The molecule has 0 bridgehead atoms. The van der Waals surface area contributed by atoms with Crippen molar-refractivity contribution in [3.05, 3.63) is 36.4 Å². The summed E-state index contributed by atoms with van der Waals surface area (Å²) in [4.78, 5) is 187. The van der Waals surface area contributed by atoms with Gasteiger partial charge in [-0.15, -0.1) is 0 Å². The molecule has 0 saturated carbocycles. The number of H-pyrrole nitrogens is 2. The number of carboxylic acids is 2. The number of aliphatic hydroxyl groups is 3. The number of nitrogens with zero attached hydrogens (tertiary/aromatic N) is 3. The quantitative estimate of drug-likeness (QED) is 0.0168. The number of rotatable bonds is 39. The minimum absolute atomic E-state index is 0.0268. The zero-order valence-electron chi connectivity index (χ0n) is 46.9. The molecule has 0 aliphatic heterocycles. The van der Waals surface area contributed by atoms with E-state index in [-0.39, 0.29) is 50.5 Å². The molecule has 0 unspecified atom stereocenters. The lowest BCUT2D eigenvalue weighted by Crippen LogP contribution is -2.61. The van der Waals surface area contributed by atoms with Gasteiger partial charge in [-0.25, -0.2) is 14.8 Å². The molecular weight excluding hydrogens is 1130 g/mol. The highest BCUT2D eigenvalue weighted by atomic mass is 16.4. The molecule has 25 N–H and O–H groups in total. The van der Waals surface area contributed by atoms with E-state index in [2.05, 4.69) is 67.5 Å². The summed E-state index contributed by atoms with van der Waals surface area (Å²) in [5.41, 5.74) is 22.8. The molecule has 11 amide bonds. The Bertz CT molecular complexity index is 2630. The normalized spacial score (nSPS) is 14.6. The Morgan fingerprint density at radius 2 is 0.988 bits per heavy atom. The Morgan fingerprint density at radius 3 is 1.46 bits per heavy atom. The van der Waals surface area contributed by atoms with Crippen molar-refractivity contribution in [3.63, 3.8) is 0 Å². The van der Waals surface area contributed by atoms with E-state index >= 15 is 0 Å². The fraction of sp³-hybridized carbons (Fsp3) is 0.583. The molecule has 472 valence electrons. The van der Waals surface area contributed by atoms with Crippen molar-refractivity contribution in [2.75, 3.05) is 32.9 Å². The number of nitrogens with one attached hydrogen (secondary N) is 12. The number of hydrogen-bond donors (Lipinski definition) is 21. The first kappa shape index (κ1) is 71.7. The monoisotopic (exact) mass is 1210 g/mol. The van der Waals surface area contributed by atoms with E-state index < -0.39 is 182 Å². The van der Waals surface area contributed by atoms with Gasteiger partial charge in [0.2, 0.25) is 65.0 Å². The summed E-state index contributed by atoms with van der Waals surface area (Å²) in [6.45, 7) is 2.07. The minimum Gasteiger partial charge on any atom is -0.481 e. The van der Waals surface area contributed by atoms with Gasteiger partial charge in [-0.2, -0.15) is 0 Å². The van der Waals surface area contributed by atoms with Crippen molar-refractivity contribution in [2.45, 2.75) is 133 Å². The van der Waals surface area contributed by atoms with Crippen LogP contribution in [0.1, 0.15) is 71.2 Å². The summed E-state index contributed by atoms with van der Waals surface area (Å²) >= 11 is 0. The average molecular weight is 1210 g/mol. The first-order valence-electron chi connectivity index (χ1n) is 26.3. The molecule has 2 aromatic rings. The van der Waals surface area contributed by atoms with E-state index in [4.69, 9.17) is 22.9 Å². The standard InChI is InChI=1S/C48H77N19O18/c1-21(2)8-30(47(84)85)63-46(83)37(22(3)4)67-43(80)27(10-24-14-54-20-58-24)61-41(78)28(11-34(50)71)59-35(72)15-56-39(76)31(16-68)65-45(82)33(18-70)66-42(79)29(12-36(73)74)62-40(77)26(6-5-7-55-48(51)52)60-44(81)32(17-69)64-38(75)25(49)9-23-13-53-19-57-23/h13-14,19-22,25-33,37,68-70H,5-12,15-18,49H2,1-4H3,(H2,50,71)(H,53,57)(H,54,58)(H,56,76)(H,59,72)(H,60,81)(H,61,78)(H,62,77)(H,63,83)(H,64,75)(H,65,82)(H,66,79)(H,67,80)(H,73,74)(H,84,85)(H4,51,52,55)/t25-,26-,27-,28-,29-,30-,31-,32-,33-,37-/m0/s1. The smallest absolute Gasteiger partial charge is 0.326 e. The number of aliphatic imine (C=N–C) groups is 1. The number of nitrogens with two attached hydrogens (primary N) is 4. The van der Waals surface area contributed by atoms with E-state index in [1.165, 1.54) is 25.0 Å². The lowest BCUT2D eigenvalue weighted by molar-refractivity contribution is -0.143. The zero-order chi connectivity index (χ0) is 64.1. The number of carbonyl (C=O) groups excluding carboxylic acids is 11. The molecule has 0 saturated heterocycles. The molecule has 85 heavy (non-hydrogen) atoms.